The summed E-state index contributed by atoms with van der Waals surface area (Å²) in [4.78, 5) is 0. The number of allylic oxidation sites excluding steroid dienone is 2. The SMILES string of the molecule is CCCC1CCC(CC=CCc2ccc(C(F)(F)F)cc2)CC1. The van der Waals surface area contributed by atoms with E-state index in [4.69, 9.17) is 0 Å². The van der Waals surface area contributed by atoms with Crippen molar-refractivity contribution in [3.8, 4) is 0 Å². The molecule has 0 nitrogen and oxygen atoms in total. The highest BCUT2D eigenvalue weighted by molar-refractivity contribution is 5.25. The maximum Gasteiger partial charge on any atom is 0.416 e. The number of halogens is 3. The Labute approximate surface area is 137 Å². The van der Waals surface area contributed by atoms with Crippen LogP contribution >= 0.6 is 0 Å². The summed E-state index contributed by atoms with van der Waals surface area (Å²) in [6, 6.07) is 5.47. The normalized spacial score (nSPS) is 22.6. The van der Waals surface area contributed by atoms with Gasteiger partial charge in [0.1, 0.15) is 0 Å². The van der Waals surface area contributed by atoms with E-state index >= 15 is 0 Å². The van der Waals surface area contributed by atoms with E-state index in [1.165, 1.54) is 38.5 Å². The monoisotopic (exact) mass is 324 g/mol. The third-order valence-corrected chi connectivity index (χ3v) is 4.93. The fourth-order valence-corrected chi connectivity index (χ4v) is 3.50. The molecule has 1 aliphatic carbocycles. The molecule has 0 spiro atoms. The van der Waals surface area contributed by atoms with Crippen molar-refractivity contribution in [1.29, 1.82) is 0 Å². The molecule has 0 atom stereocenters. The molecule has 0 aliphatic heterocycles. The zero-order valence-electron chi connectivity index (χ0n) is 13.9. The average Bonchev–Trinajstić information content (AvgIpc) is 2.53. The maximum absolute atomic E-state index is 12.5. The van der Waals surface area contributed by atoms with Gasteiger partial charge in [-0.15, -0.1) is 0 Å². The second-order valence-corrected chi connectivity index (χ2v) is 6.78. The first kappa shape index (κ1) is 18.1. The predicted molar refractivity (Wildman–Crippen MR) is 89.3 cm³/mol. The van der Waals surface area contributed by atoms with Gasteiger partial charge >= 0.3 is 6.18 Å². The van der Waals surface area contributed by atoms with Crippen molar-refractivity contribution in [3.63, 3.8) is 0 Å². The highest BCUT2D eigenvalue weighted by atomic mass is 19.4. The lowest BCUT2D eigenvalue weighted by molar-refractivity contribution is -0.137. The second kappa shape index (κ2) is 8.56. The van der Waals surface area contributed by atoms with Gasteiger partial charge in [-0.1, -0.05) is 56.9 Å². The molecule has 0 amide bonds. The molecule has 1 fully saturated rings. The van der Waals surface area contributed by atoms with Crippen LogP contribution in [0.3, 0.4) is 0 Å². The molecule has 0 aromatic heterocycles. The standard InChI is InChI=1S/C20H27F3/c1-2-5-16-8-10-17(11-9-16)6-3-4-7-18-12-14-19(15-13-18)20(21,22)23/h3-4,12-17H,2,5-11H2,1H3. The molecule has 3 heteroatoms. The molecule has 0 heterocycles. The molecule has 1 aromatic rings. The number of benzene rings is 1. The van der Waals surface area contributed by atoms with Crippen molar-refractivity contribution in [2.24, 2.45) is 11.8 Å². The topological polar surface area (TPSA) is 0 Å². The minimum absolute atomic E-state index is 0.575. The summed E-state index contributed by atoms with van der Waals surface area (Å²) in [6.07, 6.45) is 9.94. The van der Waals surface area contributed by atoms with Crippen molar-refractivity contribution >= 4 is 0 Å². The third-order valence-electron chi connectivity index (χ3n) is 4.93. The van der Waals surface area contributed by atoms with Gasteiger partial charge in [-0.05, 0) is 55.2 Å². The Hall–Kier alpha value is -1.25. The minimum atomic E-state index is -4.25. The van der Waals surface area contributed by atoms with E-state index in [1.807, 2.05) is 0 Å². The van der Waals surface area contributed by atoms with Gasteiger partial charge in [0, 0.05) is 0 Å². The van der Waals surface area contributed by atoms with Crippen LogP contribution in [0, 0.1) is 11.8 Å². The van der Waals surface area contributed by atoms with Gasteiger partial charge in [0.2, 0.25) is 0 Å². The van der Waals surface area contributed by atoms with E-state index in [-0.39, 0.29) is 0 Å². The Morgan fingerprint density at radius 1 is 0.957 bits per heavy atom. The molecule has 1 saturated carbocycles. The first-order valence-electron chi connectivity index (χ1n) is 8.80. The lowest BCUT2D eigenvalue weighted by Gasteiger charge is -2.27. The quantitative estimate of drug-likeness (QED) is 0.505. The fraction of sp³-hybridized carbons (Fsp3) is 0.600. The summed E-state index contributed by atoms with van der Waals surface area (Å²) in [7, 11) is 0. The Morgan fingerprint density at radius 3 is 2.13 bits per heavy atom. The van der Waals surface area contributed by atoms with Crippen LogP contribution in [-0.2, 0) is 12.6 Å². The Morgan fingerprint density at radius 2 is 1.57 bits per heavy atom. The number of rotatable bonds is 6. The van der Waals surface area contributed by atoms with E-state index < -0.39 is 11.7 Å². The van der Waals surface area contributed by atoms with Crippen LogP contribution < -0.4 is 0 Å². The van der Waals surface area contributed by atoms with Gasteiger partial charge in [0.25, 0.3) is 0 Å². The molecule has 0 bridgehead atoms. The number of alkyl halides is 3. The molecule has 128 valence electrons. The average molecular weight is 324 g/mol. The molecule has 23 heavy (non-hydrogen) atoms. The maximum atomic E-state index is 12.5. The lowest BCUT2D eigenvalue weighted by atomic mass is 9.79. The van der Waals surface area contributed by atoms with E-state index in [9.17, 15) is 13.2 Å². The molecule has 1 aliphatic rings. The van der Waals surface area contributed by atoms with Crippen LogP contribution in [0.25, 0.3) is 0 Å². The Bertz CT molecular complexity index is 477. The highest BCUT2D eigenvalue weighted by Crippen LogP contribution is 2.33. The Kier molecular flexibility index (Phi) is 6.73. The van der Waals surface area contributed by atoms with E-state index in [0.29, 0.717) is 6.42 Å². The zero-order chi connectivity index (χ0) is 16.7. The van der Waals surface area contributed by atoms with Crippen molar-refractivity contribution < 1.29 is 13.2 Å². The van der Waals surface area contributed by atoms with Crippen LogP contribution in [0.2, 0.25) is 0 Å². The van der Waals surface area contributed by atoms with Gasteiger partial charge in [0.05, 0.1) is 5.56 Å². The van der Waals surface area contributed by atoms with Gasteiger partial charge in [-0.25, -0.2) is 0 Å². The van der Waals surface area contributed by atoms with Crippen LogP contribution in [0.5, 0.6) is 0 Å². The van der Waals surface area contributed by atoms with Crippen LogP contribution in [0.15, 0.2) is 36.4 Å². The summed E-state index contributed by atoms with van der Waals surface area (Å²) in [5.41, 5.74) is 0.356. The van der Waals surface area contributed by atoms with Crippen molar-refractivity contribution in [3.05, 3.63) is 47.5 Å². The van der Waals surface area contributed by atoms with E-state index in [1.54, 1.807) is 12.1 Å². The summed E-state index contributed by atoms with van der Waals surface area (Å²) in [6.45, 7) is 2.26. The minimum Gasteiger partial charge on any atom is -0.166 e. The molecule has 0 radical (unpaired) electrons. The summed E-state index contributed by atoms with van der Waals surface area (Å²) in [5, 5.41) is 0. The largest absolute Gasteiger partial charge is 0.416 e. The van der Waals surface area contributed by atoms with Gasteiger partial charge in [0.15, 0.2) is 0 Å². The van der Waals surface area contributed by atoms with E-state index in [2.05, 4.69) is 19.1 Å². The third kappa shape index (κ3) is 6.04. The predicted octanol–water partition coefficient (Wildman–Crippen LogP) is 6.80. The number of hydrogen-bond acceptors (Lipinski definition) is 0. The fourth-order valence-electron chi connectivity index (χ4n) is 3.50. The van der Waals surface area contributed by atoms with Crippen LogP contribution in [-0.4, -0.2) is 0 Å². The molecule has 0 N–H and O–H groups in total. The molecule has 0 saturated heterocycles. The summed E-state index contributed by atoms with van der Waals surface area (Å²) < 4.78 is 37.5. The first-order chi connectivity index (χ1) is 11.0. The molecular weight excluding hydrogens is 297 g/mol. The van der Waals surface area contributed by atoms with Crippen molar-refractivity contribution in [1.82, 2.24) is 0 Å². The van der Waals surface area contributed by atoms with Gasteiger partial charge in [-0.3, -0.25) is 0 Å². The van der Waals surface area contributed by atoms with Gasteiger partial charge in [-0.2, -0.15) is 13.2 Å². The zero-order valence-corrected chi connectivity index (χ0v) is 13.9. The lowest BCUT2D eigenvalue weighted by Crippen LogP contribution is -2.13. The summed E-state index contributed by atoms with van der Waals surface area (Å²) in [5.74, 6) is 1.74. The molecule has 2 rings (SSSR count). The Balaban J connectivity index is 1.71. The highest BCUT2D eigenvalue weighted by Gasteiger charge is 2.29. The molecular formula is C20H27F3. The second-order valence-electron chi connectivity index (χ2n) is 6.78. The van der Waals surface area contributed by atoms with Crippen LogP contribution in [0.1, 0.15) is 63.0 Å². The van der Waals surface area contributed by atoms with Crippen molar-refractivity contribution in [2.45, 2.75) is 64.5 Å². The molecule has 1 aromatic carbocycles. The van der Waals surface area contributed by atoms with Crippen LogP contribution in [0.4, 0.5) is 13.2 Å². The smallest absolute Gasteiger partial charge is 0.166 e. The summed E-state index contributed by atoms with van der Waals surface area (Å²) >= 11 is 0. The first-order valence-corrected chi connectivity index (χ1v) is 8.80. The van der Waals surface area contributed by atoms with Crippen molar-refractivity contribution in [2.75, 3.05) is 0 Å². The molecule has 0 unspecified atom stereocenters. The number of hydrogen-bond donors (Lipinski definition) is 0. The van der Waals surface area contributed by atoms with Gasteiger partial charge < -0.3 is 0 Å². The van der Waals surface area contributed by atoms with E-state index in [0.717, 1.165) is 36.0 Å².